The van der Waals surface area contributed by atoms with Crippen LogP contribution < -0.4 is 5.73 Å². The van der Waals surface area contributed by atoms with E-state index >= 15 is 0 Å². The van der Waals surface area contributed by atoms with Crippen LogP contribution in [0.4, 0.5) is 0 Å². The molecular formula is C10H22N2O. The third-order valence-corrected chi connectivity index (χ3v) is 2.19. The van der Waals surface area contributed by atoms with E-state index in [9.17, 15) is 5.11 Å². The molecule has 0 amide bonds. The molecule has 0 saturated heterocycles. The molecule has 1 unspecified atom stereocenters. The summed E-state index contributed by atoms with van der Waals surface area (Å²) in [6.45, 7) is 2.19. The van der Waals surface area contributed by atoms with Gasteiger partial charge in [0.05, 0.1) is 0 Å². The van der Waals surface area contributed by atoms with Gasteiger partial charge in [0.15, 0.2) is 0 Å². The van der Waals surface area contributed by atoms with E-state index in [4.69, 9.17) is 11.1 Å². The first kappa shape index (κ1) is 12.4. The van der Waals surface area contributed by atoms with Gasteiger partial charge >= 0.3 is 0 Å². The maximum absolute atomic E-state index is 9.18. The highest BCUT2D eigenvalue weighted by Gasteiger charge is 2.05. The molecule has 0 bridgehead atoms. The number of aliphatic hydroxyl groups is 1. The van der Waals surface area contributed by atoms with E-state index < -0.39 is 6.10 Å². The number of rotatable bonds is 8. The number of hydrogen-bond acceptors (Lipinski definition) is 2. The largest absolute Gasteiger partial charge is 0.385 e. The first-order valence-electron chi connectivity index (χ1n) is 5.20. The summed E-state index contributed by atoms with van der Waals surface area (Å²) in [4.78, 5) is 0. The van der Waals surface area contributed by atoms with Crippen LogP contribution in [0.3, 0.4) is 0 Å². The van der Waals surface area contributed by atoms with Gasteiger partial charge in [0.1, 0.15) is 11.9 Å². The zero-order valence-corrected chi connectivity index (χ0v) is 8.55. The molecule has 0 aromatic heterocycles. The topological polar surface area (TPSA) is 70.1 Å². The Labute approximate surface area is 80.8 Å². The number of nitrogens with two attached hydrogens (primary N) is 1. The molecule has 0 aliphatic rings. The van der Waals surface area contributed by atoms with Gasteiger partial charge in [0, 0.05) is 0 Å². The van der Waals surface area contributed by atoms with Crippen molar-refractivity contribution in [3.63, 3.8) is 0 Å². The van der Waals surface area contributed by atoms with E-state index in [-0.39, 0.29) is 5.84 Å². The fraction of sp³-hybridized carbons (Fsp3) is 0.900. The fourth-order valence-electron chi connectivity index (χ4n) is 1.27. The second kappa shape index (κ2) is 8.05. The molecule has 0 saturated carbocycles. The van der Waals surface area contributed by atoms with Crippen LogP contribution in [0.15, 0.2) is 0 Å². The predicted molar refractivity (Wildman–Crippen MR) is 55.9 cm³/mol. The predicted octanol–water partition coefficient (Wildman–Crippen LogP) is 2.03. The molecule has 0 aliphatic carbocycles. The van der Waals surface area contributed by atoms with Crippen molar-refractivity contribution in [3.8, 4) is 0 Å². The van der Waals surface area contributed by atoms with Crippen molar-refractivity contribution in [2.24, 2.45) is 5.73 Å². The highest BCUT2D eigenvalue weighted by Crippen LogP contribution is 2.08. The van der Waals surface area contributed by atoms with Crippen molar-refractivity contribution in [1.82, 2.24) is 0 Å². The van der Waals surface area contributed by atoms with Gasteiger partial charge in [-0.3, -0.25) is 5.41 Å². The van der Waals surface area contributed by atoms with Crippen LogP contribution in [0.25, 0.3) is 0 Å². The van der Waals surface area contributed by atoms with Crippen molar-refractivity contribution in [3.05, 3.63) is 0 Å². The highest BCUT2D eigenvalue weighted by atomic mass is 16.3. The number of hydrogen-bond donors (Lipinski definition) is 3. The Morgan fingerprint density at radius 3 is 2.31 bits per heavy atom. The van der Waals surface area contributed by atoms with Crippen LogP contribution in [0, 0.1) is 5.41 Å². The van der Waals surface area contributed by atoms with Crippen molar-refractivity contribution in [1.29, 1.82) is 5.41 Å². The summed E-state index contributed by atoms with van der Waals surface area (Å²) in [7, 11) is 0. The summed E-state index contributed by atoms with van der Waals surface area (Å²) in [5.74, 6) is -0.103. The zero-order valence-electron chi connectivity index (χ0n) is 8.55. The van der Waals surface area contributed by atoms with Crippen LogP contribution in [0.5, 0.6) is 0 Å². The van der Waals surface area contributed by atoms with E-state index in [1.54, 1.807) is 0 Å². The average molecular weight is 186 g/mol. The molecular weight excluding hydrogens is 164 g/mol. The lowest BCUT2D eigenvalue weighted by Crippen LogP contribution is -2.27. The Hall–Kier alpha value is -0.570. The van der Waals surface area contributed by atoms with Crippen LogP contribution >= 0.6 is 0 Å². The van der Waals surface area contributed by atoms with Crippen molar-refractivity contribution in [2.45, 2.75) is 58.0 Å². The molecule has 13 heavy (non-hydrogen) atoms. The van der Waals surface area contributed by atoms with Crippen LogP contribution in [-0.2, 0) is 0 Å². The highest BCUT2D eigenvalue weighted by molar-refractivity contribution is 5.81. The normalized spacial score (nSPS) is 12.8. The SMILES string of the molecule is CCCCCCCCC(O)C(=N)N. The molecule has 0 aromatic rings. The maximum atomic E-state index is 9.18. The molecule has 0 heterocycles. The monoisotopic (exact) mass is 186 g/mol. The van der Waals surface area contributed by atoms with Crippen LogP contribution in [0.1, 0.15) is 51.9 Å². The van der Waals surface area contributed by atoms with Gasteiger partial charge in [0.2, 0.25) is 0 Å². The van der Waals surface area contributed by atoms with E-state index in [1.807, 2.05) is 0 Å². The smallest absolute Gasteiger partial charge is 0.120 e. The second-order valence-corrected chi connectivity index (χ2v) is 3.53. The number of nitrogens with one attached hydrogen (secondary N) is 1. The second-order valence-electron chi connectivity index (χ2n) is 3.53. The lowest BCUT2D eigenvalue weighted by Gasteiger charge is -2.07. The third-order valence-electron chi connectivity index (χ3n) is 2.19. The van der Waals surface area contributed by atoms with E-state index in [1.165, 1.54) is 25.7 Å². The molecule has 0 rings (SSSR count). The van der Waals surface area contributed by atoms with Gasteiger partial charge in [-0.25, -0.2) is 0 Å². The molecule has 3 heteroatoms. The zero-order chi connectivity index (χ0) is 10.1. The lowest BCUT2D eigenvalue weighted by molar-refractivity contribution is 0.223. The Morgan fingerprint density at radius 2 is 1.77 bits per heavy atom. The van der Waals surface area contributed by atoms with Crippen molar-refractivity contribution < 1.29 is 5.11 Å². The van der Waals surface area contributed by atoms with Gasteiger partial charge in [-0.05, 0) is 6.42 Å². The number of amidine groups is 1. The minimum Gasteiger partial charge on any atom is -0.385 e. The fourth-order valence-corrected chi connectivity index (χ4v) is 1.27. The summed E-state index contributed by atoms with van der Waals surface area (Å²) in [6, 6.07) is 0. The van der Waals surface area contributed by atoms with Gasteiger partial charge in [-0.1, -0.05) is 45.4 Å². The molecule has 4 N–H and O–H groups in total. The van der Waals surface area contributed by atoms with Gasteiger partial charge in [0.25, 0.3) is 0 Å². The molecule has 0 fully saturated rings. The summed E-state index contributed by atoms with van der Waals surface area (Å²) in [6.07, 6.45) is 7.12. The molecule has 0 radical (unpaired) electrons. The van der Waals surface area contributed by atoms with Gasteiger partial charge in [-0.15, -0.1) is 0 Å². The third kappa shape index (κ3) is 7.78. The molecule has 3 nitrogen and oxygen atoms in total. The average Bonchev–Trinajstić information content (AvgIpc) is 2.10. The first-order chi connectivity index (χ1) is 6.18. The first-order valence-corrected chi connectivity index (χ1v) is 5.20. The molecule has 0 spiro atoms. The molecule has 0 aromatic carbocycles. The Balaban J connectivity index is 3.11. The van der Waals surface area contributed by atoms with Gasteiger partial charge < -0.3 is 10.8 Å². The van der Waals surface area contributed by atoms with E-state index in [0.29, 0.717) is 6.42 Å². The van der Waals surface area contributed by atoms with Crippen LogP contribution in [0.2, 0.25) is 0 Å². The van der Waals surface area contributed by atoms with Crippen molar-refractivity contribution >= 4 is 5.84 Å². The van der Waals surface area contributed by atoms with Gasteiger partial charge in [-0.2, -0.15) is 0 Å². The Bertz CT molecular complexity index is 137. The standard InChI is InChI=1S/C10H22N2O/c1-2-3-4-5-6-7-8-9(13)10(11)12/h9,13H,2-8H2,1H3,(H3,11,12). The maximum Gasteiger partial charge on any atom is 0.120 e. The minimum atomic E-state index is -0.717. The molecule has 78 valence electrons. The minimum absolute atomic E-state index is 0.103. The lowest BCUT2D eigenvalue weighted by atomic mass is 10.1. The molecule has 0 aliphatic heterocycles. The Kier molecular flexibility index (Phi) is 7.69. The number of aliphatic hydroxyl groups excluding tert-OH is 1. The van der Waals surface area contributed by atoms with E-state index in [0.717, 1.165) is 12.8 Å². The number of unbranched alkanes of at least 4 members (excludes halogenated alkanes) is 5. The Morgan fingerprint density at radius 1 is 1.23 bits per heavy atom. The summed E-state index contributed by atoms with van der Waals surface area (Å²) < 4.78 is 0. The summed E-state index contributed by atoms with van der Waals surface area (Å²) >= 11 is 0. The van der Waals surface area contributed by atoms with Crippen LogP contribution in [-0.4, -0.2) is 17.0 Å². The summed E-state index contributed by atoms with van der Waals surface area (Å²) in [5, 5.41) is 16.2. The van der Waals surface area contributed by atoms with E-state index in [2.05, 4.69) is 6.92 Å². The quantitative estimate of drug-likeness (QED) is 0.308. The molecule has 1 atom stereocenters. The van der Waals surface area contributed by atoms with Crippen molar-refractivity contribution in [2.75, 3.05) is 0 Å². The summed E-state index contributed by atoms with van der Waals surface area (Å²) in [5.41, 5.74) is 5.13.